The number of nitrogens with zero attached hydrogens (tertiary/aromatic N) is 4. The van der Waals surface area contributed by atoms with Crippen LogP contribution in [0, 0.1) is 0 Å². The lowest BCUT2D eigenvalue weighted by atomic mass is 9.83. The molecule has 2 amide bonds. The number of ether oxygens (including phenoxy) is 3. The standard InChI is InChI=1S/C20H30N4O5/c1-22-15-21-13-17(22)19(26)24-5-3-20(4-6-24)12-16(2-9-29-20)28-14-18(25)23-7-10-27-11-8-23/h13,15-16H,2-12,14H2,1H3. The summed E-state index contributed by atoms with van der Waals surface area (Å²) in [5.41, 5.74) is 0.349. The highest BCUT2D eigenvalue weighted by Gasteiger charge is 2.42. The summed E-state index contributed by atoms with van der Waals surface area (Å²) in [7, 11) is 1.83. The fourth-order valence-corrected chi connectivity index (χ4v) is 4.41. The predicted octanol–water partition coefficient (Wildman–Crippen LogP) is 0.449. The van der Waals surface area contributed by atoms with Crippen molar-refractivity contribution in [3.63, 3.8) is 0 Å². The molecular formula is C20H30N4O5. The third-order valence-corrected chi connectivity index (χ3v) is 6.25. The highest BCUT2D eigenvalue weighted by molar-refractivity contribution is 5.92. The van der Waals surface area contributed by atoms with Gasteiger partial charge in [0, 0.05) is 46.3 Å². The number of morpholine rings is 1. The van der Waals surface area contributed by atoms with Crippen LogP contribution in [0.4, 0.5) is 0 Å². The molecule has 0 saturated carbocycles. The lowest BCUT2D eigenvalue weighted by molar-refractivity contribution is -0.163. The molecule has 3 fully saturated rings. The summed E-state index contributed by atoms with van der Waals surface area (Å²) in [5, 5.41) is 0. The molecule has 29 heavy (non-hydrogen) atoms. The summed E-state index contributed by atoms with van der Waals surface area (Å²) < 4.78 is 19.2. The highest BCUT2D eigenvalue weighted by atomic mass is 16.5. The molecule has 160 valence electrons. The van der Waals surface area contributed by atoms with Crippen molar-refractivity contribution in [2.24, 2.45) is 7.05 Å². The Morgan fingerprint density at radius 2 is 1.93 bits per heavy atom. The Balaban J connectivity index is 1.27. The first kappa shape index (κ1) is 20.3. The third-order valence-electron chi connectivity index (χ3n) is 6.25. The van der Waals surface area contributed by atoms with Crippen LogP contribution in [0.25, 0.3) is 0 Å². The van der Waals surface area contributed by atoms with Crippen LogP contribution in [0.1, 0.15) is 36.2 Å². The molecule has 1 atom stereocenters. The van der Waals surface area contributed by atoms with Gasteiger partial charge in [0.15, 0.2) is 0 Å². The molecule has 0 N–H and O–H groups in total. The fourth-order valence-electron chi connectivity index (χ4n) is 4.41. The monoisotopic (exact) mass is 406 g/mol. The van der Waals surface area contributed by atoms with E-state index >= 15 is 0 Å². The molecule has 0 bridgehead atoms. The fraction of sp³-hybridized carbons (Fsp3) is 0.750. The summed E-state index contributed by atoms with van der Waals surface area (Å²) in [6, 6.07) is 0. The van der Waals surface area contributed by atoms with Gasteiger partial charge in [-0.25, -0.2) is 4.98 Å². The van der Waals surface area contributed by atoms with Gasteiger partial charge >= 0.3 is 0 Å². The van der Waals surface area contributed by atoms with E-state index in [0.717, 1.165) is 25.7 Å². The average Bonchev–Trinajstić information content (AvgIpc) is 3.19. The van der Waals surface area contributed by atoms with Crippen LogP contribution >= 0.6 is 0 Å². The number of aromatic nitrogens is 2. The molecule has 1 unspecified atom stereocenters. The molecule has 3 aliphatic heterocycles. The van der Waals surface area contributed by atoms with Crippen LogP contribution in [-0.2, 0) is 26.1 Å². The maximum absolute atomic E-state index is 12.7. The molecule has 4 rings (SSSR count). The predicted molar refractivity (Wildman–Crippen MR) is 103 cm³/mol. The maximum Gasteiger partial charge on any atom is 0.272 e. The van der Waals surface area contributed by atoms with Crippen molar-refractivity contribution in [3.8, 4) is 0 Å². The summed E-state index contributed by atoms with van der Waals surface area (Å²) in [4.78, 5) is 32.7. The minimum Gasteiger partial charge on any atom is -0.378 e. The Morgan fingerprint density at radius 1 is 1.17 bits per heavy atom. The Kier molecular flexibility index (Phi) is 6.17. The summed E-state index contributed by atoms with van der Waals surface area (Å²) in [5.74, 6) is 0.0463. The Morgan fingerprint density at radius 3 is 2.62 bits per heavy atom. The van der Waals surface area contributed by atoms with Crippen LogP contribution in [0.2, 0.25) is 0 Å². The molecule has 1 aromatic heterocycles. The second kappa shape index (κ2) is 8.81. The van der Waals surface area contributed by atoms with Crippen LogP contribution < -0.4 is 0 Å². The van der Waals surface area contributed by atoms with Gasteiger partial charge in [-0.1, -0.05) is 0 Å². The van der Waals surface area contributed by atoms with Crippen LogP contribution in [0.5, 0.6) is 0 Å². The number of hydrogen-bond acceptors (Lipinski definition) is 6. The number of hydrogen-bond donors (Lipinski definition) is 0. The Bertz CT molecular complexity index is 722. The van der Waals surface area contributed by atoms with Gasteiger partial charge in [-0.2, -0.15) is 0 Å². The second-order valence-electron chi connectivity index (χ2n) is 8.13. The van der Waals surface area contributed by atoms with E-state index in [0.29, 0.717) is 51.7 Å². The van der Waals surface area contributed by atoms with Crippen molar-refractivity contribution >= 4 is 11.8 Å². The van der Waals surface area contributed by atoms with Crippen molar-refractivity contribution in [2.45, 2.75) is 37.4 Å². The van der Waals surface area contributed by atoms with Crippen LogP contribution in [0.3, 0.4) is 0 Å². The number of imidazole rings is 1. The largest absolute Gasteiger partial charge is 0.378 e. The van der Waals surface area contributed by atoms with Crippen LogP contribution in [0.15, 0.2) is 12.5 Å². The van der Waals surface area contributed by atoms with Gasteiger partial charge in [-0.05, 0) is 19.3 Å². The number of amides is 2. The summed E-state index contributed by atoms with van der Waals surface area (Å²) in [6.45, 7) is 4.53. The van der Waals surface area contributed by atoms with Crippen molar-refractivity contribution < 1.29 is 23.8 Å². The first-order valence-electron chi connectivity index (χ1n) is 10.4. The molecule has 0 aliphatic carbocycles. The molecule has 0 aromatic carbocycles. The lowest BCUT2D eigenvalue weighted by Crippen LogP contribution is -2.52. The van der Waals surface area contributed by atoms with Crippen molar-refractivity contribution in [3.05, 3.63) is 18.2 Å². The SMILES string of the molecule is Cn1cncc1C(=O)N1CCC2(CC1)CC(OCC(=O)N1CCOCC1)CCO2. The van der Waals surface area contributed by atoms with Crippen LogP contribution in [-0.4, -0.2) is 95.5 Å². The molecule has 0 radical (unpaired) electrons. The zero-order valence-electron chi connectivity index (χ0n) is 17.0. The number of carbonyl (C=O) groups excluding carboxylic acids is 2. The van der Waals surface area contributed by atoms with Gasteiger partial charge in [-0.3, -0.25) is 9.59 Å². The van der Waals surface area contributed by atoms with E-state index in [1.54, 1.807) is 22.0 Å². The minimum absolute atomic E-state index is 0.0135. The van der Waals surface area contributed by atoms with Gasteiger partial charge in [0.2, 0.25) is 5.91 Å². The molecule has 9 heteroatoms. The van der Waals surface area contributed by atoms with Gasteiger partial charge in [0.05, 0.1) is 37.4 Å². The Hall–Kier alpha value is -1.97. The molecule has 1 spiro atoms. The molecule has 1 aromatic rings. The molecule has 3 saturated heterocycles. The molecule has 4 heterocycles. The van der Waals surface area contributed by atoms with Crippen molar-refractivity contribution in [1.82, 2.24) is 19.4 Å². The molecule has 9 nitrogen and oxygen atoms in total. The molecular weight excluding hydrogens is 376 g/mol. The number of rotatable bonds is 4. The number of carbonyl (C=O) groups is 2. The van der Waals surface area contributed by atoms with E-state index in [9.17, 15) is 9.59 Å². The van der Waals surface area contributed by atoms with E-state index < -0.39 is 0 Å². The number of piperidine rings is 1. The first-order chi connectivity index (χ1) is 14.1. The Labute approximate surface area is 170 Å². The van der Waals surface area contributed by atoms with Gasteiger partial charge in [0.1, 0.15) is 12.3 Å². The van der Waals surface area contributed by atoms with Gasteiger partial charge in [-0.15, -0.1) is 0 Å². The zero-order valence-corrected chi connectivity index (χ0v) is 17.0. The maximum atomic E-state index is 12.7. The number of aryl methyl sites for hydroxylation is 1. The second-order valence-corrected chi connectivity index (χ2v) is 8.13. The minimum atomic E-state index is -0.256. The van der Waals surface area contributed by atoms with E-state index in [1.165, 1.54) is 0 Å². The van der Waals surface area contributed by atoms with E-state index in [2.05, 4.69) is 4.98 Å². The quantitative estimate of drug-likeness (QED) is 0.722. The normalized spacial score (nSPS) is 24.7. The van der Waals surface area contributed by atoms with Crippen molar-refractivity contribution in [1.29, 1.82) is 0 Å². The summed E-state index contributed by atoms with van der Waals surface area (Å²) in [6.07, 6.45) is 6.42. The third kappa shape index (κ3) is 4.62. The average molecular weight is 406 g/mol. The highest BCUT2D eigenvalue weighted by Crippen LogP contribution is 2.36. The van der Waals surface area contributed by atoms with E-state index in [1.807, 2.05) is 11.9 Å². The summed E-state index contributed by atoms with van der Waals surface area (Å²) >= 11 is 0. The smallest absolute Gasteiger partial charge is 0.272 e. The van der Waals surface area contributed by atoms with Gasteiger partial charge < -0.3 is 28.6 Å². The zero-order chi connectivity index (χ0) is 20.3. The van der Waals surface area contributed by atoms with Gasteiger partial charge in [0.25, 0.3) is 5.91 Å². The van der Waals surface area contributed by atoms with E-state index in [4.69, 9.17) is 14.2 Å². The first-order valence-corrected chi connectivity index (χ1v) is 10.4. The number of likely N-dealkylation sites (tertiary alicyclic amines) is 1. The molecule has 3 aliphatic rings. The van der Waals surface area contributed by atoms with E-state index in [-0.39, 0.29) is 30.1 Å². The topological polar surface area (TPSA) is 86.1 Å². The lowest BCUT2D eigenvalue weighted by Gasteiger charge is -2.46. The van der Waals surface area contributed by atoms with Crippen molar-refractivity contribution in [2.75, 3.05) is 52.6 Å².